The molecule has 2 atom stereocenters. The van der Waals surface area contributed by atoms with Gasteiger partial charge in [-0.25, -0.2) is 0 Å². The van der Waals surface area contributed by atoms with Gasteiger partial charge in [0.2, 0.25) is 0 Å². The van der Waals surface area contributed by atoms with Crippen LogP contribution in [0.2, 0.25) is 0 Å². The molecule has 14 heavy (non-hydrogen) atoms. The lowest BCUT2D eigenvalue weighted by Crippen LogP contribution is -2.44. The molecule has 7 heteroatoms. The Morgan fingerprint density at radius 2 is 2.07 bits per heavy atom. The van der Waals surface area contributed by atoms with Crippen LogP contribution in [0.3, 0.4) is 0 Å². The van der Waals surface area contributed by atoms with E-state index >= 15 is 0 Å². The molecule has 1 heterocycles. The zero-order chi connectivity index (χ0) is 10.8. The van der Waals surface area contributed by atoms with Crippen molar-refractivity contribution in [2.24, 2.45) is 5.92 Å². The average molecular weight is 223 g/mol. The van der Waals surface area contributed by atoms with Gasteiger partial charge in [-0.05, 0) is 25.3 Å². The van der Waals surface area contributed by atoms with E-state index in [2.05, 4.69) is 5.32 Å². The normalized spacial score (nSPS) is 28.7. The topological polar surface area (TPSA) is 107 Å². The number of carboxylic acids is 1. The summed E-state index contributed by atoms with van der Waals surface area (Å²) in [7, 11) is -3.97. The van der Waals surface area contributed by atoms with Gasteiger partial charge in [0.15, 0.2) is 0 Å². The lowest BCUT2D eigenvalue weighted by molar-refractivity contribution is -0.140. The van der Waals surface area contributed by atoms with Crippen LogP contribution in [0.5, 0.6) is 0 Å². The van der Waals surface area contributed by atoms with E-state index in [1.165, 1.54) is 0 Å². The summed E-state index contributed by atoms with van der Waals surface area (Å²) in [6.07, 6.45) is 0.821. The first-order chi connectivity index (χ1) is 6.38. The fraction of sp³-hybridized carbons (Fsp3) is 0.857. The van der Waals surface area contributed by atoms with E-state index in [4.69, 9.17) is 14.9 Å². The summed E-state index contributed by atoms with van der Waals surface area (Å²) in [4.78, 5) is 28.0. The monoisotopic (exact) mass is 223 g/mol. The molecule has 6 nitrogen and oxygen atoms in total. The fourth-order valence-corrected chi connectivity index (χ4v) is 2.60. The quantitative estimate of drug-likeness (QED) is 0.486. The van der Waals surface area contributed by atoms with Crippen molar-refractivity contribution in [2.45, 2.75) is 18.9 Å². The van der Waals surface area contributed by atoms with Crippen molar-refractivity contribution in [3.8, 4) is 0 Å². The van der Waals surface area contributed by atoms with Crippen LogP contribution in [-0.4, -0.2) is 39.6 Å². The van der Waals surface area contributed by atoms with E-state index in [0.29, 0.717) is 19.4 Å². The predicted octanol–water partition coefficient (Wildman–Crippen LogP) is -0.383. The van der Waals surface area contributed by atoms with Crippen molar-refractivity contribution in [3.05, 3.63) is 0 Å². The maximum atomic E-state index is 10.7. The standard InChI is InChI=1S/C7H14NO5P/c9-7(10)6-2-1-5(3-8-6)4-14(11,12)13/h5-6,8H,1-4H2,(H,9,10)(H2,11,12,13)/t5-,6+/m0/s1. The molecule has 0 aromatic heterocycles. The maximum Gasteiger partial charge on any atom is 0.325 e. The molecule has 0 saturated carbocycles. The van der Waals surface area contributed by atoms with E-state index < -0.39 is 19.6 Å². The van der Waals surface area contributed by atoms with Gasteiger partial charge in [-0.2, -0.15) is 0 Å². The van der Waals surface area contributed by atoms with Crippen LogP contribution in [0.15, 0.2) is 0 Å². The number of carbonyl (C=O) groups is 1. The Morgan fingerprint density at radius 3 is 2.43 bits per heavy atom. The molecule has 1 rings (SSSR count). The number of aliphatic carboxylic acids is 1. The van der Waals surface area contributed by atoms with Crippen molar-refractivity contribution < 1.29 is 24.3 Å². The summed E-state index contributed by atoms with van der Waals surface area (Å²) in [6.45, 7) is 0.363. The minimum Gasteiger partial charge on any atom is -0.480 e. The van der Waals surface area contributed by atoms with E-state index in [-0.39, 0.29) is 12.1 Å². The van der Waals surface area contributed by atoms with Crippen LogP contribution in [0.4, 0.5) is 0 Å². The molecule has 82 valence electrons. The van der Waals surface area contributed by atoms with E-state index in [1.54, 1.807) is 0 Å². The maximum absolute atomic E-state index is 10.7. The Labute approximate surface area is 81.5 Å². The summed E-state index contributed by atoms with van der Waals surface area (Å²) in [5.41, 5.74) is 0. The molecule has 1 saturated heterocycles. The second-order valence-corrected chi connectivity index (χ2v) is 5.28. The molecule has 4 N–H and O–H groups in total. The first kappa shape index (κ1) is 11.7. The number of hydrogen-bond acceptors (Lipinski definition) is 3. The lowest BCUT2D eigenvalue weighted by atomic mass is 9.96. The van der Waals surface area contributed by atoms with E-state index in [0.717, 1.165) is 0 Å². The molecule has 1 aliphatic heterocycles. The van der Waals surface area contributed by atoms with Gasteiger partial charge in [0.1, 0.15) is 6.04 Å². The molecule has 0 spiro atoms. The third-order valence-corrected chi connectivity index (χ3v) is 3.30. The molecule has 0 radical (unpaired) electrons. The summed E-state index contributed by atoms with van der Waals surface area (Å²) in [5, 5.41) is 11.4. The third kappa shape index (κ3) is 3.75. The van der Waals surface area contributed by atoms with Gasteiger partial charge in [0.25, 0.3) is 0 Å². The lowest BCUT2D eigenvalue weighted by Gasteiger charge is -2.27. The number of piperidine rings is 1. The van der Waals surface area contributed by atoms with Gasteiger partial charge in [0.05, 0.1) is 6.16 Å². The smallest absolute Gasteiger partial charge is 0.325 e. The molecule has 1 aliphatic rings. The van der Waals surface area contributed by atoms with Crippen molar-refractivity contribution in [1.29, 1.82) is 0 Å². The van der Waals surface area contributed by atoms with Gasteiger partial charge >= 0.3 is 13.6 Å². The molecule has 1 fully saturated rings. The highest BCUT2D eigenvalue weighted by atomic mass is 31.2. The molecular weight excluding hydrogens is 209 g/mol. The minimum absolute atomic E-state index is 0.119. The number of hydrogen-bond donors (Lipinski definition) is 4. The van der Waals surface area contributed by atoms with Gasteiger partial charge in [-0.1, -0.05) is 0 Å². The zero-order valence-electron chi connectivity index (χ0n) is 7.59. The fourth-order valence-electron chi connectivity index (χ4n) is 1.62. The van der Waals surface area contributed by atoms with Crippen molar-refractivity contribution in [3.63, 3.8) is 0 Å². The van der Waals surface area contributed by atoms with Gasteiger partial charge in [-0.15, -0.1) is 0 Å². The van der Waals surface area contributed by atoms with Crippen LogP contribution < -0.4 is 5.32 Å². The highest BCUT2D eigenvalue weighted by Crippen LogP contribution is 2.38. The van der Waals surface area contributed by atoms with Crippen molar-refractivity contribution >= 4 is 13.6 Å². The van der Waals surface area contributed by atoms with Crippen LogP contribution in [0, 0.1) is 5.92 Å². The minimum atomic E-state index is -3.97. The predicted molar refractivity (Wildman–Crippen MR) is 49.1 cm³/mol. The van der Waals surface area contributed by atoms with Crippen molar-refractivity contribution in [2.75, 3.05) is 12.7 Å². The Balaban J connectivity index is 2.36. The van der Waals surface area contributed by atoms with Gasteiger partial charge in [-0.3, -0.25) is 9.36 Å². The molecule has 0 aromatic carbocycles. The first-order valence-corrected chi connectivity index (χ1v) is 6.19. The first-order valence-electron chi connectivity index (χ1n) is 4.39. The van der Waals surface area contributed by atoms with E-state index in [9.17, 15) is 9.36 Å². The summed E-state index contributed by atoms with van der Waals surface area (Å²) >= 11 is 0. The SMILES string of the molecule is O=C(O)[C@H]1CC[C@H](CP(=O)(O)O)CN1. The van der Waals surface area contributed by atoms with Crippen molar-refractivity contribution in [1.82, 2.24) is 5.32 Å². The molecule has 0 aromatic rings. The summed E-state index contributed by atoms with van der Waals surface area (Å²) in [5.74, 6) is -1.02. The summed E-state index contributed by atoms with van der Waals surface area (Å²) in [6, 6.07) is -0.567. The highest BCUT2D eigenvalue weighted by molar-refractivity contribution is 7.51. The summed E-state index contributed by atoms with van der Waals surface area (Å²) < 4.78 is 10.7. The Hall–Kier alpha value is -0.420. The zero-order valence-corrected chi connectivity index (χ0v) is 8.48. The Morgan fingerprint density at radius 1 is 1.43 bits per heavy atom. The highest BCUT2D eigenvalue weighted by Gasteiger charge is 2.29. The van der Waals surface area contributed by atoms with Crippen LogP contribution in [-0.2, 0) is 9.36 Å². The molecular formula is C7H14NO5P. The Kier molecular flexibility index (Phi) is 3.66. The molecule has 0 unspecified atom stereocenters. The van der Waals surface area contributed by atoms with Crippen LogP contribution >= 0.6 is 7.60 Å². The van der Waals surface area contributed by atoms with Crippen LogP contribution in [0.25, 0.3) is 0 Å². The largest absolute Gasteiger partial charge is 0.480 e. The van der Waals surface area contributed by atoms with E-state index in [1.807, 2.05) is 0 Å². The number of nitrogens with one attached hydrogen (secondary N) is 1. The molecule has 0 aliphatic carbocycles. The third-order valence-electron chi connectivity index (χ3n) is 2.31. The molecule has 0 bridgehead atoms. The van der Waals surface area contributed by atoms with Gasteiger partial charge < -0.3 is 20.2 Å². The Bertz CT molecular complexity index is 255. The van der Waals surface area contributed by atoms with Gasteiger partial charge in [0, 0.05) is 0 Å². The van der Waals surface area contributed by atoms with Crippen LogP contribution in [0.1, 0.15) is 12.8 Å². The second kappa shape index (κ2) is 4.40. The molecule has 0 amide bonds. The second-order valence-electron chi connectivity index (χ2n) is 3.59. The number of carboxylic acid groups (broad SMARTS) is 1. The number of rotatable bonds is 3. The average Bonchev–Trinajstić information content (AvgIpc) is 2.02.